The molecule has 0 bridgehead atoms. The minimum Gasteiger partial charge on any atom is -0.490 e. The van der Waals surface area contributed by atoms with Crippen LogP contribution in [-0.4, -0.2) is 24.0 Å². The maximum absolute atomic E-state index is 12.7. The second-order valence-corrected chi connectivity index (χ2v) is 7.65. The summed E-state index contributed by atoms with van der Waals surface area (Å²) in [5.74, 6) is 1.43. The van der Waals surface area contributed by atoms with Crippen molar-refractivity contribution in [3.63, 3.8) is 0 Å². The number of para-hydroxylation sites is 1. The highest BCUT2D eigenvalue weighted by molar-refractivity contribution is 9.12. The molecule has 0 unspecified atom stereocenters. The number of thiazole rings is 1. The van der Waals surface area contributed by atoms with E-state index in [0.717, 1.165) is 27.5 Å². The molecular weight excluding hydrogens is 426 g/mol. The van der Waals surface area contributed by atoms with Crippen molar-refractivity contribution in [2.75, 3.05) is 13.2 Å². The number of aromatic nitrogens is 1. The predicted octanol–water partition coefficient (Wildman–Crippen LogP) is 5.26. The number of halogens is 1. The molecule has 0 radical (unpaired) electrons. The fourth-order valence-electron chi connectivity index (χ4n) is 2.97. The molecule has 0 saturated carbocycles. The monoisotopic (exact) mass is 441 g/mol. The molecule has 4 nitrogen and oxygen atoms in total. The number of hydrogen-bond donors (Lipinski definition) is 0. The fourth-order valence-corrected chi connectivity index (χ4v) is 4.59. The number of aryl methyl sites for hydroxylation is 1. The maximum Gasteiger partial charge on any atom is 0.201 e. The summed E-state index contributed by atoms with van der Waals surface area (Å²) in [5, 5.41) is 0. The van der Waals surface area contributed by atoms with Crippen LogP contribution in [0.15, 0.2) is 58.5 Å². The second kappa shape index (κ2) is 7.66. The Kier molecular flexibility index (Phi) is 5.09. The summed E-state index contributed by atoms with van der Waals surface area (Å²) in [6.07, 6.45) is 0. The molecule has 0 N–H and O–H groups in total. The molecule has 4 rings (SSSR count). The standard InChI is InChI=1S/C21H16BrNO3S/c1-13-21(27-12-23-13)18-16-8-7-15(11-17(16)20(24)19(18)22)26-10-9-25-14-5-3-2-4-6-14/h2-8,11-12H,9-10H2,1H3. The van der Waals surface area contributed by atoms with Crippen molar-refractivity contribution in [2.45, 2.75) is 6.92 Å². The summed E-state index contributed by atoms with van der Waals surface area (Å²) >= 11 is 5.01. The average Bonchev–Trinajstić information content (AvgIpc) is 3.21. The van der Waals surface area contributed by atoms with Crippen LogP contribution in [0, 0.1) is 6.92 Å². The van der Waals surface area contributed by atoms with E-state index in [-0.39, 0.29) is 5.78 Å². The van der Waals surface area contributed by atoms with Gasteiger partial charge in [0.25, 0.3) is 0 Å². The number of Topliss-reactive ketones (excluding diaryl/α,β-unsaturated/α-hetero) is 1. The van der Waals surface area contributed by atoms with Crippen molar-refractivity contribution in [2.24, 2.45) is 0 Å². The second-order valence-electron chi connectivity index (χ2n) is 6.00. The van der Waals surface area contributed by atoms with E-state index in [2.05, 4.69) is 20.9 Å². The van der Waals surface area contributed by atoms with Gasteiger partial charge >= 0.3 is 0 Å². The highest BCUT2D eigenvalue weighted by Gasteiger charge is 2.31. The number of fused-ring (bicyclic) bond motifs is 1. The Balaban J connectivity index is 1.47. The molecule has 3 aromatic rings. The van der Waals surface area contributed by atoms with Gasteiger partial charge in [0.05, 0.1) is 20.6 Å². The van der Waals surface area contributed by atoms with Crippen LogP contribution in [0.4, 0.5) is 0 Å². The van der Waals surface area contributed by atoms with Crippen molar-refractivity contribution >= 4 is 38.6 Å². The van der Waals surface area contributed by atoms with Crippen molar-refractivity contribution in [1.29, 1.82) is 0 Å². The molecule has 6 heteroatoms. The summed E-state index contributed by atoms with van der Waals surface area (Å²) in [6, 6.07) is 15.2. The number of allylic oxidation sites excluding steroid dienone is 1. The lowest BCUT2D eigenvalue weighted by molar-refractivity contribution is 0.104. The van der Waals surface area contributed by atoms with Gasteiger partial charge in [-0.05, 0) is 58.7 Å². The summed E-state index contributed by atoms with van der Waals surface area (Å²) < 4.78 is 12.0. The number of benzene rings is 2. The van der Waals surface area contributed by atoms with Gasteiger partial charge in [-0.3, -0.25) is 4.79 Å². The molecule has 0 saturated heterocycles. The first-order valence-corrected chi connectivity index (χ1v) is 10.1. The molecular formula is C21H16BrNO3S. The van der Waals surface area contributed by atoms with Gasteiger partial charge in [-0.25, -0.2) is 4.98 Å². The Morgan fingerprint density at radius 1 is 1.00 bits per heavy atom. The number of nitrogens with zero attached hydrogens (tertiary/aromatic N) is 1. The van der Waals surface area contributed by atoms with E-state index in [0.29, 0.717) is 29.0 Å². The first kappa shape index (κ1) is 17.9. The van der Waals surface area contributed by atoms with Gasteiger partial charge in [0.1, 0.15) is 24.7 Å². The lowest BCUT2D eigenvalue weighted by Gasteiger charge is -2.10. The number of hydrogen-bond acceptors (Lipinski definition) is 5. The van der Waals surface area contributed by atoms with Crippen molar-refractivity contribution in [3.8, 4) is 11.5 Å². The first-order chi connectivity index (χ1) is 13.1. The van der Waals surface area contributed by atoms with Gasteiger partial charge in [-0.1, -0.05) is 18.2 Å². The van der Waals surface area contributed by atoms with Crippen LogP contribution in [0.3, 0.4) is 0 Å². The topological polar surface area (TPSA) is 48.4 Å². The average molecular weight is 442 g/mol. The van der Waals surface area contributed by atoms with Gasteiger partial charge in [-0.2, -0.15) is 0 Å². The SMILES string of the molecule is Cc1ncsc1C1=C(Br)C(=O)c2cc(OCCOc3ccccc3)ccc21. The highest BCUT2D eigenvalue weighted by Crippen LogP contribution is 2.43. The Labute approximate surface area is 169 Å². The molecule has 1 aromatic heterocycles. The molecule has 1 aliphatic rings. The van der Waals surface area contributed by atoms with E-state index in [1.807, 2.05) is 49.4 Å². The van der Waals surface area contributed by atoms with Crippen LogP contribution in [0.5, 0.6) is 11.5 Å². The molecule has 0 fully saturated rings. The van der Waals surface area contributed by atoms with E-state index in [1.165, 1.54) is 11.3 Å². The van der Waals surface area contributed by atoms with Crippen LogP contribution in [0.1, 0.15) is 26.5 Å². The normalized spacial score (nSPS) is 13.0. The molecule has 136 valence electrons. The molecule has 1 aliphatic carbocycles. The zero-order valence-electron chi connectivity index (χ0n) is 14.6. The molecule has 1 heterocycles. The number of rotatable bonds is 6. The molecule has 27 heavy (non-hydrogen) atoms. The smallest absolute Gasteiger partial charge is 0.201 e. The number of carbonyl (C=O) groups is 1. The highest BCUT2D eigenvalue weighted by atomic mass is 79.9. The zero-order valence-corrected chi connectivity index (χ0v) is 17.0. The maximum atomic E-state index is 12.7. The van der Waals surface area contributed by atoms with Crippen LogP contribution in [-0.2, 0) is 0 Å². The third kappa shape index (κ3) is 3.55. The number of carbonyl (C=O) groups excluding carboxylic acids is 1. The molecule has 0 amide bonds. The molecule has 0 atom stereocenters. The van der Waals surface area contributed by atoms with E-state index in [4.69, 9.17) is 9.47 Å². The van der Waals surface area contributed by atoms with Gasteiger partial charge in [0, 0.05) is 11.1 Å². The molecule has 2 aromatic carbocycles. The van der Waals surface area contributed by atoms with E-state index < -0.39 is 0 Å². The van der Waals surface area contributed by atoms with Crippen LogP contribution in [0.25, 0.3) is 5.57 Å². The van der Waals surface area contributed by atoms with E-state index in [9.17, 15) is 4.79 Å². The number of ether oxygens (including phenoxy) is 2. The predicted molar refractivity (Wildman–Crippen MR) is 110 cm³/mol. The van der Waals surface area contributed by atoms with Crippen LogP contribution in [0.2, 0.25) is 0 Å². The molecule has 0 spiro atoms. The lowest BCUT2D eigenvalue weighted by Crippen LogP contribution is -2.09. The van der Waals surface area contributed by atoms with Gasteiger partial charge in [0.2, 0.25) is 5.78 Å². The Morgan fingerprint density at radius 3 is 2.44 bits per heavy atom. The summed E-state index contributed by atoms with van der Waals surface area (Å²) in [7, 11) is 0. The molecule has 0 aliphatic heterocycles. The fraction of sp³-hybridized carbons (Fsp3) is 0.143. The van der Waals surface area contributed by atoms with Crippen molar-refractivity contribution in [1.82, 2.24) is 4.98 Å². The van der Waals surface area contributed by atoms with Gasteiger partial charge in [0.15, 0.2) is 0 Å². The van der Waals surface area contributed by atoms with Gasteiger partial charge < -0.3 is 9.47 Å². The Morgan fingerprint density at radius 2 is 1.74 bits per heavy atom. The Bertz CT molecular complexity index is 1030. The van der Waals surface area contributed by atoms with E-state index in [1.54, 1.807) is 11.6 Å². The summed E-state index contributed by atoms with van der Waals surface area (Å²) in [4.78, 5) is 18.0. The van der Waals surface area contributed by atoms with Crippen LogP contribution >= 0.6 is 27.3 Å². The summed E-state index contributed by atoms with van der Waals surface area (Å²) in [5.41, 5.74) is 5.18. The Hall–Kier alpha value is -2.44. The quantitative estimate of drug-likeness (QED) is 0.489. The van der Waals surface area contributed by atoms with Crippen molar-refractivity contribution in [3.05, 3.63) is 80.2 Å². The number of ketones is 1. The van der Waals surface area contributed by atoms with E-state index >= 15 is 0 Å². The van der Waals surface area contributed by atoms with Crippen LogP contribution < -0.4 is 9.47 Å². The minimum absolute atomic E-state index is 0.0289. The zero-order chi connectivity index (χ0) is 18.8. The third-order valence-corrected chi connectivity index (χ3v) is 5.96. The minimum atomic E-state index is -0.0289. The van der Waals surface area contributed by atoms with Gasteiger partial charge in [-0.15, -0.1) is 11.3 Å². The van der Waals surface area contributed by atoms with Crippen molar-refractivity contribution < 1.29 is 14.3 Å². The third-order valence-electron chi connectivity index (χ3n) is 4.26. The largest absolute Gasteiger partial charge is 0.490 e. The first-order valence-electron chi connectivity index (χ1n) is 8.45. The lowest BCUT2D eigenvalue weighted by atomic mass is 10.0. The summed E-state index contributed by atoms with van der Waals surface area (Å²) in [6.45, 7) is 2.78.